The Balaban J connectivity index is 1.70. The molecular formula is C23H28N2O. The molecular weight excluding hydrogens is 320 g/mol. The first-order valence-electron chi connectivity index (χ1n) is 9.93. The summed E-state index contributed by atoms with van der Waals surface area (Å²) in [6.45, 7) is 2.14. The van der Waals surface area contributed by atoms with E-state index in [1.165, 1.54) is 48.9 Å². The van der Waals surface area contributed by atoms with Crippen LogP contribution in [0.5, 0.6) is 0 Å². The molecule has 1 saturated carbocycles. The van der Waals surface area contributed by atoms with Crippen molar-refractivity contribution in [2.24, 2.45) is 0 Å². The Hall–Kier alpha value is -2.29. The predicted octanol–water partition coefficient (Wildman–Crippen LogP) is 5.41. The second-order valence-corrected chi connectivity index (χ2v) is 7.85. The van der Waals surface area contributed by atoms with Gasteiger partial charge >= 0.3 is 0 Å². The van der Waals surface area contributed by atoms with Gasteiger partial charge in [0.15, 0.2) is 0 Å². The highest BCUT2D eigenvalue weighted by Gasteiger charge is 2.50. The van der Waals surface area contributed by atoms with E-state index >= 15 is 0 Å². The van der Waals surface area contributed by atoms with E-state index in [-0.39, 0.29) is 17.4 Å². The molecule has 1 amide bonds. The first kappa shape index (κ1) is 17.1. The van der Waals surface area contributed by atoms with Crippen LogP contribution in [0.25, 0.3) is 0 Å². The zero-order valence-electron chi connectivity index (χ0n) is 15.6. The van der Waals surface area contributed by atoms with Crippen molar-refractivity contribution in [3.8, 4) is 0 Å². The van der Waals surface area contributed by atoms with Gasteiger partial charge in [0, 0.05) is 16.8 Å². The van der Waals surface area contributed by atoms with Crippen molar-refractivity contribution in [2.75, 3.05) is 10.6 Å². The molecule has 0 radical (unpaired) electrons. The lowest BCUT2D eigenvalue weighted by atomic mass is 9.68. The van der Waals surface area contributed by atoms with Crippen LogP contribution in [-0.2, 0) is 10.2 Å². The van der Waals surface area contributed by atoms with Gasteiger partial charge < -0.3 is 10.6 Å². The van der Waals surface area contributed by atoms with Crippen LogP contribution >= 0.6 is 0 Å². The fraction of sp³-hybridized carbons (Fsp3) is 0.435. The molecule has 2 aromatic rings. The summed E-state index contributed by atoms with van der Waals surface area (Å²) >= 11 is 0. The molecule has 0 saturated heterocycles. The Morgan fingerprint density at radius 2 is 1.65 bits per heavy atom. The van der Waals surface area contributed by atoms with E-state index in [0.717, 1.165) is 18.5 Å². The lowest BCUT2D eigenvalue weighted by Gasteiger charge is -2.36. The highest BCUT2D eigenvalue weighted by Crippen LogP contribution is 2.50. The van der Waals surface area contributed by atoms with Gasteiger partial charge in [0.1, 0.15) is 6.04 Å². The predicted molar refractivity (Wildman–Crippen MR) is 108 cm³/mol. The molecule has 1 unspecified atom stereocenters. The number of carbonyl (C=O) groups is 1. The van der Waals surface area contributed by atoms with E-state index in [4.69, 9.17) is 0 Å². The van der Waals surface area contributed by atoms with Crippen LogP contribution in [0.1, 0.15) is 56.1 Å². The van der Waals surface area contributed by atoms with Gasteiger partial charge in [0.2, 0.25) is 5.91 Å². The van der Waals surface area contributed by atoms with Gasteiger partial charge in [0.25, 0.3) is 0 Å². The molecule has 3 nitrogen and oxygen atoms in total. The third kappa shape index (κ3) is 3.00. The highest BCUT2D eigenvalue weighted by molar-refractivity contribution is 6.00. The molecule has 26 heavy (non-hydrogen) atoms. The maximum atomic E-state index is 13.3. The van der Waals surface area contributed by atoms with E-state index in [9.17, 15) is 4.79 Å². The molecule has 4 rings (SSSR count). The molecule has 2 aromatic carbocycles. The van der Waals surface area contributed by atoms with Crippen LogP contribution in [0.3, 0.4) is 0 Å². The first-order valence-corrected chi connectivity index (χ1v) is 9.93. The zero-order chi connectivity index (χ0) is 18.0. The minimum Gasteiger partial charge on any atom is -0.372 e. The zero-order valence-corrected chi connectivity index (χ0v) is 15.6. The Morgan fingerprint density at radius 3 is 2.38 bits per heavy atom. The molecule has 1 spiro atoms. The fourth-order valence-corrected chi connectivity index (χ4v) is 4.86. The molecule has 1 heterocycles. The summed E-state index contributed by atoms with van der Waals surface area (Å²) in [6, 6.07) is 16.1. The summed E-state index contributed by atoms with van der Waals surface area (Å²) in [4.78, 5) is 13.3. The van der Waals surface area contributed by atoms with Gasteiger partial charge in [-0.05, 0) is 43.0 Å². The lowest BCUT2D eigenvalue weighted by Crippen LogP contribution is -2.47. The van der Waals surface area contributed by atoms with E-state index in [2.05, 4.69) is 35.8 Å². The highest BCUT2D eigenvalue weighted by atomic mass is 16.2. The first-order chi connectivity index (χ1) is 12.7. The second kappa shape index (κ2) is 7.14. The number of amides is 1. The number of fused-ring (bicyclic) bond motifs is 2. The van der Waals surface area contributed by atoms with E-state index < -0.39 is 0 Å². The Morgan fingerprint density at radius 1 is 0.962 bits per heavy atom. The summed E-state index contributed by atoms with van der Waals surface area (Å²) in [5, 5.41) is 6.76. The molecule has 2 N–H and O–H groups in total. The largest absolute Gasteiger partial charge is 0.372 e. The molecule has 3 heteroatoms. The summed E-state index contributed by atoms with van der Waals surface area (Å²) < 4.78 is 0. The smallest absolute Gasteiger partial charge is 0.247 e. The number of benzene rings is 2. The van der Waals surface area contributed by atoms with Crippen molar-refractivity contribution in [1.29, 1.82) is 0 Å². The van der Waals surface area contributed by atoms with Crippen molar-refractivity contribution in [3.63, 3.8) is 0 Å². The van der Waals surface area contributed by atoms with Crippen LogP contribution < -0.4 is 10.6 Å². The van der Waals surface area contributed by atoms with Crippen LogP contribution in [0.15, 0.2) is 48.5 Å². The summed E-state index contributed by atoms with van der Waals surface area (Å²) in [6.07, 6.45) is 8.44. The maximum absolute atomic E-state index is 13.3. The van der Waals surface area contributed by atoms with Gasteiger partial charge in [-0.2, -0.15) is 0 Å². The monoisotopic (exact) mass is 348 g/mol. The van der Waals surface area contributed by atoms with E-state index in [0.29, 0.717) is 0 Å². The number of hydrogen-bond acceptors (Lipinski definition) is 2. The van der Waals surface area contributed by atoms with Gasteiger partial charge in [0.05, 0.1) is 0 Å². The molecule has 2 aliphatic rings. The van der Waals surface area contributed by atoms with Gasteiger partial charge in [-0.15, -0.1) is 0 Å². The van der Waals surface area contributed by atoms with Crippen molar-refractivity contribution in [2.45, 2.75) is 63.3 Å². The Kier molecular flexibility index (Phi) is 4.71. The molecule has 1 atom stereocenters. The van der Waals surface area contributed by atoms with Crippen LogP contribution in [0, 0.1) is 6.92 Å². The third-order valence-corrected chi connectivity index (χ3v) is 6.20. The molecule has 0 aromatic heterocycles. The van der Waals surface area contributed by atoms with Crippen molar-refractivity contribution >= 4 is 17.3 Å². The van der Waals surface area contributed by atoms with Gasteiger partial charge in [-0.3, -0.25) is 4.79 Å². The standard InChI is InChI=1S/C23H28N2O/c1-17-11-10-14-19-20(17)25-21(22(26)24-18-12-6-5-7-13-18)23(19)15-8-3-2-4-9-16-23/h5-7,10-14,21,25H,2-4,8-9,15-16H2,1H3,(H,24,26). The summed E-state index contributed by atoms with van der Waals surface area (Å²) in [5.74, 6) is 0.0902. The van der Waals surface area contributed by atoms with Gasteiger partial charge in [-0.1, -0.05) is 68.5 Å². The maximum Gasteiger partial charge on any atom is 0.247 e. The van der Waals surface area contributed by atoms with Gasteiger partial charge in [-0.25, -0.2) is 0 Å². The number of nitrogens with one attached hydrogen (secondary N) is 2. The molecule has 136 valence electrons. The average molecular weight is 348 g/mol. The topological polar surface area (TPSA) is 41.1 Å². The van der Waals surface area contributed by atoms with E-state index in [1.807, 2.05) is 30.3 Å². The number of aryl methyl sites for hydroxylation is 1. The second-order valence-electron chi connectivity index (χ2n) is 7.85. The Bertz CT molecular complexity index is 776. The number of rotatable bonds is 2. The SMILES string of the molecule is Cc1cccc2c1NC(C(=O)Nc1ccccc1)C21CCCCCCC1. The Labute approximate surface area is 156 Å². The molecule has 1 aliphatic heterocycles. The number of para-hydroxylation sites is 2. The molecule has 0 bridgehead atoms. The fourth-order valence-electron chi connectivity index (χ4n) is 4.86. The number of anilines is 2. The minimum absolute atomic E-state index is 0.0827. The van der Waals surface area contributed by atoms with Crippen LogP contribution in [0.4, 0.5) is 11.4 Å². The summed E-state index contributed by atoms with van der Waals surface area (Å²) in [5.41, 5.74) is 4.56. The molecule has 1 aliphatic carbocycles. The number of hydrogen-bond donors (Lipinski definition) is 2. The lowest BCUT2D eigenvalue weighted by molar-refractivity contribution is -0.118. The van der Waals surface area contributed by atoms with Crippen molar-refractivity contribution in [1.82, 2.24) is 0 Å². The van der Waals surface area contributed by atoms with E-state index in [1.54, 1.807) is 0 Å². The van der Waals surface area contributed by atoms with Crippen molar-refractivity contribution in [3.05, 3.63) is 59.7 Å². The van der Waals surface area contributed by atoms with Crippen molar-refractivity contribution < 1.29 is 4.79 Å². The van der Waals surface area contributed by atoms with Crippen LogP contribution in [-0.4, -0.2) is 11.9 Å². The normalized spacial score (nSPS) is 21.3. The number of carbonyl (C=O) groups excluding carboxylic acids is 1. The third-order valence-electron chi connectivity index (χ3n) is 6.20. The van der Waals surface area contributed by atoms with Crippen LogP contribution in [0.2, 0.25) is 0 Å². The molecule has 1 fully saturated rings. The summed E-state index contributed by atoms with van der Waals surface area (Å²) in [7, 11) is 0. The minimum atomic E-state index is -0.197. The average Bonchev–Trinajstić information content (AvgIpc) is 2.96. The quantitative estimate of drug-likeness (QED) is 0.762.